The molecule has 0 saturated carbocycles. The molecule has 2 atom stereocenters. The number of nitro benzene ring substituents is 1. The zero-order valence-electron chi connectivity index (χ0n) is 14.2. The third kappa shape index (κ3) is 4.04. The van der Waals surface area contributed by atoms with E-state index in [-0.39, 0.29) is 29.0 Å². The molecule has 1 fully saturated rings. The van der Waals surface area contributed by atoms with Gasteiger partial charge in [0.25, 0.3) is 5.69 Å². The molecule has 7 nitrogen and oxygen atoms in total. The molecular weight excluding hydrogens is 324 g/mol. The summed E-state index contributed by atoms with van der Waals surface area (Å²) in [6, 6.07) is 2.85. The van der Waals surface area contributed by atoms with E-state index in [1.165, 1.54) is 0 Å². The van der Waals surface area contributed by atoms with Crippen LogP contribution in [-0.2, 0) is 27.2 Å². The van der Waals surface area contributed by atoms with E-state index in [0.717, 1.165) is 36.1 Å². The molecule has 2 aliphatic rings. The van der Waals surface area contributed by atoms with Crippen molar-refractivity contribution >= 4 is 17.6 Å². The van der Waals surface area contributed by atoms with Gasteiger partial charge < -0.3 is 10.1 Å². The lowest BCUT2D eigenvalue weighted by Crippen LogP contribution is -2.34. The van der Waals surface area contributed by atoms with Gasteiger partial charge in [0.05, 0.1) is 4.92 Å². The number of ether oxygens (including phenoxy) is 1. The second-order valence-electron chi connectivity index (χ2n) is 6.91. The number of nitrogens with one attached hydrogen (secondary N) is 1. The molecule has 1 aromatic carbocycles. The third-order valence-corrected chi connectivity index (χ3v) is 5.09. The number of benzene rings is 1. The van der Waals surface area contributed by atoms with Crippen molar-refractivity contribution in [1.29, 1.82) is 0 Å². The lowest BCUT2D eigenvalue weighted by molar-refractivity contribution is -0.385. The van der Waals surface area contributed by atoms with Gasteiger partial charge in [0.1, 0.15) is 6.04 Å². The molecule has 0 amide bonds. The van der Waals surface area contributed by atoms with E-state index in [1.54, 1.807) is 12.1 Å². The first-order chi connectivity index (χ1) is 11.9. The number of hydrogen-bond acceptors (Lipinski definition) is 6. The summed E-state index contributed by atoms with van der Waals surface area (Å²) in [5, 5.41) is 14.0. The molecule has 1 aliphatic carbocycles. The molecule has 1 unspecified atom stereocenters. The molecule has 0 radical (unpaired) electrons. The van der Waals surface area contributed by atoms with E-state index in [1.807, 2.05) is 6.92 Å². The summed E-state index contributed by atoms with van der Waals surface area (Å²) in [5.74, 6) is -0.860. The summed E-state index contributed by atoms with van der Waals surface area (Å²) >= 11 is 0. The Morgan fingerprint density at radius 3 is 2.84 bits per heavy atom. The maximum absolute atomic E-state index is 12.1. The lowest BCUT2D eigenvalue weighted by Gasteiger charge is -2.25. The summed E-state index contributed by atoms with van der Waals surface area (Å²) in [6.45, 7) is 2.64. The monoisotopic (exact) mass is 346 g/mol. The second-order valence-corrected chi connectivity index (χ2v) is 6.91. The minimum Gasteiger partial charge on any atom is -0.392 e. The van der Waals surface area contributed by atoms with Crippen molar-refractivity contribution in [3.05, 3.63) is 38.9 Å². The normalized spacial score (nSPS) is 22.3. The number of nitrogens with zero attached hydrogens (tertiary/aromatic N) is 1. The van der Waals surface area contributed by atoms with Crippen LogP contribution in [-0.4, -0.2) is 29.4 Å². The maximum Gasteiger partial charge on any atom is 0.330 e. The number of carbonyl (C=O) groups excluding carboxylic acids is 2. The quantitative estimate of drug-likeness (QED) is 0.388. The highest BCUT2D eigenvalue weighted by atomic mass is 16.6. The van der Waals surface area contributed by atoms with Gasteiger partial charge in [-0.15, -0.1) is 0 Å². The number of nitro groups is 1. The molecule has 7 heteroatoms. The summed E-state index contributed by atoms with van der Waals surface area (Å²) in [4.78, 5) is 34.5. The van der Waals surface area contributed by atoms with Crippen LogP contribution in [0.2, 0.25) is 0 Å². The molecular formula is C18H22N2O5. The van der Waals surface area contributed by atoms with Gasteiger partial charge >= 0.3 is 11.9 Å². The first-order valence-corrected chi connectivity index (χ1v) is 8.68. The van der Waals surface area contributed by atoms with Crippen LogP contribution in [0.4, 0.5) is 5.69 Å². The Labute approximate surface area is 145 Å². The van der Waals surface area contributed by atoms with E-state index in [9.17, 15) is 19.7 Å². The Morgan fingerprint density at radius 1 is 1.36 bits per heavy atom. The molecule has 1 aromatic rings. The van der Waals surface area contributed by atoms with E-state index < -0.39 is 11.9 Å². The average molecular weight is 346 g/mol. The molecule has 0 spiro atoms. The van der Waals surface area contributed by atoms with E-state index in [0.29, 0.717) is 19.3 Å². The van der Waals surface area contributed by atoms with Crippen molar-refractivity contribution in [3.8, 4) is 0 Å². The molecule has 134 valence electrons. The smallest absolute Gasteiger partial charge is 0.330 e. The van der Waals surface area contributed by atoms with Crippen LogP contribution in [0.15, 0.2) is 12.1 Å². The molecule has 25 heavy (non-hydrogen) atoms. The van der Waals surface area contributed by atoms with Gasteiger partial charge in [-0.2, -0.15) is 0 Å². The fourth-order valence-corrected chi connectivity index (χ4v) is 3.76. The van der Waals surface area contributed by atoms with Crippen LogP contribution < -0.4 is 5.32 Å². The Bertz CT molecular complexity index is 710. The highest BCUT2D eigenvalue weighted by molar-refractivity contribution is 5.88. The molecule has 1 saturated heterocycles. The van der Waals surface area contributed by atoms with Crippen molar-refractivity contribution in [1.82, 2.24) is 5.32 Å². The largest absolute Gasteiger partial charge is 0.392 e. The van der Waals surface area contributed by atoms with Gasteiger partial charge in [-0.25, -0.2) is 4.79 Å². The van der Waals surface area contributed by atoms with Gasteiger partial charge in [0.2, 0.25) is 0 Å². The molecule has 1 N–H and O–H groups in total. The first-order valence-electron chi connectivity index (χ1n) is 8.68. The van der Waals surface area contributed by atoms with Crippen LogP contribution in [0.5, 0.6) is 0 Å². The Morgan fingerprint density at radius 2 is 2.16 bits per heavy atom. The summed E-state index contributed by atoms with van der Waals surface area (Å²) in [6.07, 6.45) is 3.98. The fraction of sp³-hybridized carbons (Fsp3) is 0.556. The summed E-state index contributed by atoms with van der Waals surface area (Å²) < 4.78 is 4.98. The average Bonchev–Trinajstić information content (AvgIpc) is 3.09. The molecule has 0 aromatic heterocycles. The minimum atomic E-state index is -0.481. The van der Waals surface area contributed by atoms with Gasteiger partial charge in [-0.05, 0) is 68.2 Å². The van der Waals surface area contributed by atoms with E-state index >= 15 is 0 Å². The van der Waals surface area contributed by atoms with Crippen LogP contribution in [0.25, 0.3) is 0 Å². The van der Waals surface area contributed by atoms with E-state index in [2.05, 4.69) is 5.32 Å². The maximum atomic E-state index is 12.1. The van der Waals surface area contributed by atoms with Crippen LogP contribution in [0.1, 0.15) is 42.4 Å². The standard InChI is InChI=1S/C18H22N2O5/c1-11-7-14(20(23)24)10-13-5-4-12(8-15(11)13)9-17(21)25-18(22)16-3-2-6-19-16/h7,10,12,16,19H,2-6,8-9H2,1H3/t12?,16-/m0/s1. The van der Waals surface area contributed by atoms with E-state index in [4.69, 9.17) is 4.74 Å². The Hall–Kier alpha value is -2.28. The molecule has 3 rings (SSSR count). The number of aryl methyl sites for hydroxylation is 2. The topological polar surface area (TPSA) is 98.5 Å². The number of fused-ring (bicyclic) bond motifs is 1. The van der Waals surface area contributed by atoms with Crippen LogP contribution >= 0.6 is 0 Å². The zero-order valence-corrected chi connectivity index (χ0v) is 14.2. The number of carbonyl (C=O) groups is 2. The molecule has 1 aliphatic heterocycles. The Balaban J connectivity index is 1.60. The summed E-state index contributed by atoms with van der Waals surface area (Å²) in [5.41, 5.74) is 3.07. The van der Waals surface area contributed by atoms with Crippen molar-refractivity contribution < 1.29 is 19.2 Å². The SMILES string of the molecule is Cc1cc([N+](=O)[O-])cc2c1CC(CC(=O)OC(=O)[C@@H]1CCCN1)CC2. The number of rotatable bonds is 4. The number of esters is 2. The highest BCUT2D eigenvalue weighted by Crippen LogP contribution is 2.33. The molecule has 0 bridgehead atoms. The Kier molecular flexibility index (Phi) is 5.13. The second kappa shape index (κ2) is 7.31. The summed E-state index contributed by atoms with van der Waals surface area (Å²) in [7, 11) is 0. The number of non-ortho nitro benzene ring substituents is 1. The van der Waals surface area contributed by atoms with Crippen LogP contribution in [0.3, 0.4) is 0 Å². The first kappa shape index (κ1) is 17.5. The number of hydrogen-bond donors (Lipinski definition) is 1. The van der Waals surface area contributed by atoms with Crippen molar-refractivity contribution in [2.45, 2.75) is 51.5 Å². The third-order valence-electron chi connectivity index (χ3n) is 5.09. The van der Waals surface area contributed by atoms with Crippen molar-refractivity contribution in [2.75, 3.05) is 6.54 Å². The van der Waals surface area contributed by atoms with Crippen LogP contribution in [0, 0.1) is 23.0 Å². The minimum absolute atomic E-state index is 0.101. The fourth-order valence-electron chi connectivity index (χ4n) is 3.76. The van der Waals surface area contributed by atoms with Crippen molar-refractivity contribution in [2.24, 2.45) is 5.92 Å². The molecule has 1 heterocycles. The van der Waals surface area contributed by atoms with Gasteiger partial charge in [-0.3, -0.25) is 14.9 Å². The predicted molar refractivity (Wildman–Crippen MR) is 90.1 cm³/mol. The van der Waals surface area contributed by atoms with Gasteiger partial charge in [-0.1, -0.05) is 0 Å². The lowest BCUT2D eigenvalue weighted by atomic mass is 9.80. The van der Waals surface area contributed by atoms with Gasteiger partial charge in [0, 0.05) is 18.6 Å². The van der Waals surface area contributed by atoms with Crippen molar-refractivity contribution in [3.63, 3.8) is 0 Å². The zero-order chi connectivity index (χ0) is 18.0. The predicted octanol–water partition coefficient (Wildman–Crippen LogP) is 2.22. The highest BCUT2D eigenvalue weighted by Gasteiger charge is 2.28. The van der Waals surface area contributed by atoms with Gasteiger partial charge in [0.15, 0.2) is 0 Å².